The fraction of sp³-hybridized carbons (Fsp3) is 0.348. The van der Waals surface area contributed by atoms with Gasteiger partial charge in [-0.25, -0.2) is 4.98 Å². The average molecular weight is 459 g/mol. The number of aromatic nitrogens is 2. The third kappa shape index (κ3) is 6.06. The lowest BCUT2D eigenvalue weighted by Gasteiger charge is -2.32. The summed E-state index contributed by atoms with van der Waals surface area (Å²) in [6, 6.07) is 11.4. The quantitative estimate of drug-likeness (QED) is 0.552. The fourth-order valence-corrected chi connectivity index (χ4v) is 4.22. The van der Waals surface area contributed by atoms with Crippen molar-refractivity contribution in [3.8, 4) is 11.3 Å². The lowest BCUT2D eigenvalue weighted by Crippen LogP contribution is -2.44. The molecule has 3 aromatic rings. The normalized spacial score (nSPS) is 15.2. The maximum atomic E-state index is 12.4. The monoisotopic (exact) mass is 458 g/mol. The Kier molecular flexibility index (Phi) is 7.22. The van der Waals surface area contributed by atoms with Gasteiger partial charge in [0.05, 0.1) is 16.9 Å². The van der Waals surface area contributed by atoms with Gasteiger partial charge in [0.2, 0.25) is 5.91 Å². The predicted molar refractivity (Wildman–Crippen MR) is 121 cm³/mol. The number of nitrogens with one attached hydrogen (secondary N) is 1. The van der Waals surface area contributed by atoms with E-state index in [-0.39, 0.29) is 11.9 Å². The van der Waals surface area contributed by atoms with Gasteiger partial charge in [-0.05, 0) is 43.2 Å². The first kappa shape index (κ1) is 21.8. The molecule has 6 nitrogen and oxygen atoms in total. The second kappa shape index (κ2) is 10.3. The zero-order valence-corrected chi connectivity index (χ0v) is 18.6. The first-order chi connectivity index (χ1) is 15.1. The molecule has 1 aromatic carbocycles. The van der Waals surface area contributed by atoms with Gasteiger partial charge in [-0.1, -0.05) is 29.3 Å². The van der Waals surface area contributed by atoms with Crippen LogP contribution in [-0.2, 0) is 17.8 Å². The summed E-state index contributed by atoms with van der Waals surface area (Å²) in [5.74, 6) is 1.10. The number of aryl methyl sites for hydroxylation is 1. The number of nitrogens with zero attached hydrogens (tertiary/aromatic N) is 3. The Hall–Kier alpha value is -2.41. The van der Waals surface area contributed by atoms with Gasteiger partial charge in [0.25, 0.3) is 0 Å². The zero-order chi connectivity index (χ0) is 21.6. The van der Waals surface area contributed by atoms with E-state index >= 15 is 0 Å². The Balaban J connectivity index is 1.21. The highest BCUT2D eigenvalue weighted by molar-refractivity contribution is 6.36. The molecule has 3 heterocycles. The summed E-state index contributed by atoms with van der Waals surface area (Å²) >= 11 is 12.2. The van der Waals surface area contributed by atoms with E-state index in [2.05, 4.69) is 20.2 Å². The van der Waals surface area contributed by atoms with Gasteiger partial charge in [0, 0.05) is 55.3 Å². The van der Waals surface area contributed by atoms with Gasteiger partial charge in [-0.2, -0.15) is 0 Å². The highest BCUT2D eigenvalue weighted by atomic mass is 35.5. The van der Waals surface area contributed by atoms with Crippen molar-refractivity contribution in [2.24, 2.45) is 0 Å². The molecular formula is C23H24Cl2N4O2. The van der Waals surface area contributed by atoms with Crippen molar-refractivity contribution in [1.82, 2.24) is 20.2 Å². The summed E-state index contributed by atoms with van der Waals surface area (Å²) in [6.45, 7) is 2.75. The van der Waals surface area contributed by atoms with Gasteiger partial charge in [0.1, 0.15) is 0 Å². The zero-order valence-electron chi connectivity index (χ0n) is 17.1. The molecule has 4 rings (SSSR count). The van der Waals surface area contributed by atoms with Crippen molar-refractivity contribution >= 4 is 29.1 Å². The Morgan fingerprint density at radius 1 is 1.16 bits per heavy atom. The molecule has 1 aliphatic rings. The van der Waals surface area contributed by atoms with Crippen molar-refractivity contribution in [3.63, 3.8) is 0 Å². The molecule has 1 fully saturated rings. The van der Waals surface area contributed by atoms with Crippen LogP contribution in [0.4, 0.5) is 0 Å². The third-order valence-corrected chi connectivity index (χ3v) is 5.93. The van der Waals surface area contributed by atoms with Gasteiger partial charge < -0.3 is 9.73 Å². The molecule has 1 amide bonds. The van der Waals surface area contributed by atoms with Crippen LogP contribution in [0.3, 0.4) is 0 Å². The minimum Gasteiger partial charge on any atom is -0.441 e. The van der Waals surface area contributed by atoms with Crippen LogP contribution >= 0.6 is 23.2 Å². The summed E-state index contributed by atoms with van der Waals surface area (Å²) in [5.41, 5.74) is 1.81. The molecule has 1 aliphatic heterocycles. The minimum absolute atomic E-state index is 0.0208. The van der Waals surface area contributed by atoms with E-state index in [4.69, 9.17) is 27.6 Å². The van der Waals surface area contributed by atoms with Gasteiger partial charge in [-0.3, -0.25) is 14.7 Å². The largest absolute Gasteiger partial charge is 0.441 e. The second-order valence-corrected chi connectivity index (χ2v) is 8.53. The van der Waals surface area contributed by atoms with Crippen molar-refractivity contribution in [2.75, 3.05) is 13.1 Å². The van der Waals surface area contributed by atoms with Crippen LogP contribution in [-0.4, -0.2) is 39.9 Å². The Morgan fingerprint density at radius 3 is 2.74 bits per heavy atom. The summed E-state index contributed by atoms with van der Waals surface area (Å²) < 4.78 is 5.77. The summed E-state index contributed by atoms with van der Waals surface area (Å²) in [4.78, 5) is 23.4. The van der Waals surface area contributed by atoms with Crippen LogP contribution in [0.5, 0.6) is 0 Å². The number of rotatable bonds is 7. The van der Waals surface area contributed by atoms with Crippen LogP contribution in [0, 0.1) is 0 Å². The number of hydrogen-bond acceptors (Lipinski definition) is 5. The minimum atomic E-state index is 0.0208. The predicted octanol–water partition coefficient (Wildman–Crippen LogP) is 4.76. The highest BCUT2D eigenvalue weighted by Crippen LogP contribution is 2.30. The lowest BCUT2D eigenvalue weighted by molar-refractivity contribution is -0.122. The van der Waals surface area contributed by atoms with E-state index in [1.165, 1.54) is 0 Å². The number of hydrogen-bond donors (Lipinski definition) is 1. The topological polar surface area (TPSA) is 71.3 Å². The number of oxazole rings is 1. The number of likely N-dealkylation sites (tertiary alicyclic amines) is 1. The summed E-state index contributed by atoms with van der Waals surface area (Å²) in [7, 11) is 0. The molecule has 1 saturated heterocycles. The number of carbonyl (C=O) groups excluding carboxylic acids is 1. The van der Waals surface area contributed by atoms with Gasteiger partial charge >= 0.3 is 0 Å². The Morgan fingerprint density at radius 2 is 2.00 bits per heavy atom. The molecule has 31 heavy (non-hydrogen) atoms. The van der Waals surface area contributed by atoms with Crippen molar-refractivity contribution in [1.29, 1.82) is 0 Å². The van der Waals surface area contributed by atoms with Crippen molar-refractivity contribution in [3.05, 3.63) is 70.4 Å². The standard InChI is InChI=1S/C23H24Cl2N4O2/c24-16-4-5-19(20(25)13-16)21-14-27-23(31-21)7-6-22(30)28-17-8-11-29(12-9-17)15-18-3-1-2-10-26-18/h1-5,10,13-14,17H,6-9,11-12,15H2,(H,28,30). The highest BCUT2D eigenvalue weighted by Gasteiger charge is 2.21. The SMILES string of the molecule is O=C(CCc1ncc(-c2ccc(Cl)cc2Cl)o1)NC1CCN(Cc2ccccn2)CC1. The smallest absolute Gasteiger partial charge is 0.220 e. The van der Waals surface area contributed by atoms with E-state index in [1.807, 2.05) is 24.4 Å². The number of benzene rings is 1. The Labute approximate surface area is 191 Å². The first-order valence-electron chi connectivity index (χ1n) is 10.4. The van der Waals surface area contributed by atoms with E-state index in [9.17, 15) is 4.79 Å². The number of carbonyl (C=O) groups is 1. The van der Waals surface area contributed by atoms with Gasteiger partial charge in [0.15, 0.2) is 11.7 Å². The molecule has 0 unspecified atom stereocenters. The molecule has 2 aromatic heterocycles. The van der Waals surface area contributed by atoms with Crippen LogP contribution in [0.2, 0.25) is 10.0 Å². The van der Waals surface area contributed by atoms with Gasteiger partial charge in [-0.15, -0.1) is 0 Å². The molecule has 0 atom stereocenters. The van der Waals surface area contributed by atoms with E-state index in [0.717, 1.165) is 43.7 Å². The van der Waals surface area contributed by atoms with Crippen LogP contribution in [0.25, 0.3) is 11.3 Å². The fourth-order valence-electron chi connectivity index (χ4n) is 3.72. The van der Waals surface area contributed by atoms with E-state index in [0.29, 0.717) is 34.5 Å². The second-order valence-electron chi connectivity index (χ2n) is 7.68. The molecule has 0 radical (unpaired) electrons. The molecule has 0 spiro atoms. The molecule has 8 heteroatoms. The molecular weight excluding hydrogens is 435 g/mol. The molecule has 0 bridgehead atoms. The van der Waals surface area contributed by atoms with E-state index < -0.39 is 0 Å². The maximum absolute atomic E-state index is 12.4. The molecule has 1 N–H and O–H groups in total. The number of pyridine rings is 1. The molecule has 0 aliphatic carbocycles. The Bertz CT molecular complexity index is 1020. The average Bonchev–Trinajstić information content (AvgIpc) is 3.23. The van der Waals surface area contributed by atoms with Crippen molar-refractivity contribution < 1.29 is 9.21 Å². The number of amides is 1. The lowest BCUT2D eigenvalue weighted by atomic mass is 10.0. The number of halogens is 2. The first-order valence-corrected chi connectivity index (χ1v) is 11.1. The maximum Gasteiger partial charge on any atom is 0.220 e. The summed E-state index contributed by atoms with van der Waals surface area (Å²) in [5, 5.41) is 4.21. The molecule has 162 valence electrons. The summed E-state index contributed by atoms with van der Waals surface area (Å²) in [6.07, 6.45) is 6.11. The van der Waals surface area contributed by atoms with Crippen molar-refractivity contribution in [2.45, 2.75) is 38.3 Å². The molecule has 0 saturated carbocycles. The van der Waals surface area contributed by atoms with Crippen LogP contribution in [0.1, 0.15) is 30.8 Å². The van der Waals surface area contributed by atoms with Crippen LogP contribution in [0.15, 0.2) is 53.2 Å². The van der Waals surface area contributed by atoms with E-state index in [1.54, 1.807) is 24.4 Å². The number of piperidine rings is 1. The van der Waals surface area contributed by atoms with Crippen LogP contribution < -0.4 is 5.32 Å². The third-order valence-electron chi connectivity index (χ3n) is 5.38.